The van der Waals surface area contributed by atoms with Gasteiger partial charge in [-0.2, -0.15) is 0 Å². The molecule has 10 heteroatoms. The van der Waals surface area contributed by atoms with Crippen LogP contribution in [-0.4, -0.2) is 49.2 Å². The average Bonchev–Trinajstić information content (AvgIpc) is 3.04. The van der Waals surface area contributed by atoms with Crippen LogP contribution in [0.2, 0.25) is 0 Å². The van der Waals surface area contributed by atoms with Gasteiger partial charge in [0.25, 0.3) is 0 Å². The number of hydrogen-bond donors (Lipinski definition) is 2. The molecular weight excluding hydrogens is 481 g/mol. The zero-order valence-electron chi connectivity index (χ0n) is 23.0. The number of rotatable bonds is 13. The largest absolute Gasteiger partial charge is 1.00 e. The van der Waals surface area contributed by atoms with Gasteiger partial charge in [-0.3, -0.25) is 9.59 Å². The number of aldehydes is 1. The molecule has 200 valence electrons. The van der Waals surface area contributed by atoms with E-state index in [1.807, 2.05) is 13.8 Å². The zero-order chi connectivity index (χ0) is 26.8. The Morgan fingerprint density at radius 3 is 2.00 bits per heavy atom. The molecule has 0 aromatic carbocycles. The molecule has 9 nitrogen and oxygen atoms in total. The summed E-state index contributed by atoms with van der Waals surface area (Å²) in [6, 6.07) is 0. The average molecular weight is 528 g/mol. The normalized spacial score (nSPS) is 18.4. The third-order valence-electron chi connectivity index (χ3n) is 5.06. The summed E-state index contributed by atoms with van der Waals surface area (Å²) < 4.78 is 10.0. The van der Waals surface area contributed by atoms with Crippen molar-refractivity contribution in [3.8, 4) is 0 Å². The Balaban J connectivity index is -0.000000434. The summed E-state index contributed by atoms with van der Waals surface area (Å²) in [6.45, 7) is 12.8. The third kappa shape index (κ3) is 23.8. The van der Waals surface area contributed by atoms with Crippen molar-refractivity contribution in [2.45, 2.75) is 86.4 Å². The number of nitrogens with two attached hydrogens (primary N) is 1. The minimum absolute atomic E-state index is 0. The van der Waals surface area contributed by atoms with Crippen LogP contribution >= 0.6 is 0 Å². The Labute approximate surface area is 253 Å². The van der Waals surface area contributed by atoms with Gasteiger partial charge in [0.1, 0.15) is 6.29 Å². The summed E-state index contributed by atoms with van der Waals surface area (Å²) in [5, 5.41) is 18.6. The number of ether oxygens (including phenoxy) is 2. The Morgan fingerprint density at radius 1 is 1.11 bits per heavy atom. The summed E-state index contributed by atoms with van der Waals surface area (Å²) in [5.41, 5.74) is 5.41. The molecule has 0 amide bonds. The summed E-state index contributed by atoms with van der Waals surface area (Å²) in [4.78, 5) is 41.6. The molecule has 0 radical (unpaired) electrons. The molecule has 1 fully saturated rings. The fourth-order valence-corrected chi connectivity index (χ4v) is 3.81. The topological polar surface area (TPSA) is 156 Å². The Kier molecular flexibility index (Phi) is 25.5. The van der Waals surface area contributed by atoms with Crippen molar-refractivity contribution < 1.29 is 90.2 Å². The molecule has 0 saturated carbocycles. The van der Waals surface area contributed by atoms with Gasteiger partial charge >= 0.3 is 63.3 Å². The third-order valence-corrected chi connectivity index (χ3v) is 5.06. The van der Waals surface area contributed by atoms with Crippen molar-refractivity contribution >= 4 is 24.2 Å². The Hall–Kier alpha value is -0.364. The second-order valence-electron chi connectivity index (χ2n) is 10.1. The van der Waals surface area contributed by atoms with Crippen LogP contribution in [0.15, 0.2) is 0 Å². The molecule has 35 heavy (non-hydrogen) atoms. The standard InChI is InChI=1S/C9H16O3.C8H17NO2.C8H14O3.K/c1-6(2)4-7-5-8(10)12-9(7)11-3;2*1-6(2)3-7(5-9)4-8(10)11;/h6-7,9H,4-5H2,1-3H3;6-7H,3-5,9H2,1-2H3,(H,10,11);5-7H,3-4H2,1-2H3,(H,10,11);/q;;;+1/p-1/t;7-;;/m.0../s1. The number of cyclic esters (lactones) is 1. The molecule has 3 unspecified atom stereocenters. The molecule has 1 saturated heterocycles. The van der Waals surface area contributed by atoms with Crippen molar-refractivity contribution in [2.24, 2.45) is 41.2 Å². The predicted molar refractivity (Wildman–Crippen MR) is 127 cm³/mol. The van der Waals surface area contributed by atoms with E-state index in [9.17, 15) is 24.3 Å². The van der Waals surface area contributed by atoms with Gasteiger partial charge in [-0.1, -0.05) is 41.5 Å². The maximum atomic E-state index is 10.9. The summed E-state index contributed by atoms with van der Waals surface area (Å²) >= 11 is 0. The molecule has 0 spiro atoms. The maximum absolute atomic E-state index is 10.9. The van der Waals surface area contributed by atoms with Crippen LogP contribution in [0.1, 0.15) is 80.1 Å². The minimum Gasteiger partial charge on any atom is -0.550 e. The van der Waals surface area contributed by atoms with Gasteiger partial charge in [-0.05, 0) is 55.9 Å². The van der Waals surface area contributed by atoms with Crippen molar-refractivity contribution in [3.63, 3.8) is 0 Å². The first-order valence-electron chi connectivity index (χ1n) is 12.0. The Bertz CT molecular complexity index is 598. The van der Waals surface area contributed by atoms with E-state index in [1.54, 1.807) is 7.11 Å². The zero-order valence-corrected chi connectivity index (χ0v) is 26.1. The number of carbonyl (C=O) groups excluding carboxylic acids is 3. The van der Waals surface area contributed by atoms with Gasteiger partial charge in [0, 0.05) is 31.3 Å². The first-order chi connectivity index (χ1) is 15.7. The van der Waals surface area contributed by atoms with Gasteiger partial charge in [0.2, 0.25) is 6.29 Å². The number of carboxylic acids is 2. The fraction of sp³-hybridized carbons (Fsp3) is 0.840. The molecule has 1 aliphatic rings. The van der Waals surface area contributed by atoms with E-state index in [0.717, 1.165) is 12.8 Å². The maximum Gasteiger partial charge on any atom is 1.00 e. The van der Waals surface area contributed by atoms with Crippen molar-refractivity contribution in [3.05, 3.63) is 0 Å². The van der Waals surface area contributed by atoms with E-state index < -0.39 is 11.9 Å². The molecule has 4 atom stereocenters. The van der Waals surface area contributed by atoms with E-state index >= 15 is 0 Å². The van der Waals surface area contributed by atoms with Crippen LogP contribution in [-0.2, 0) is 28.7 Å². The van der Waals surface area contributed by atoms with Crippen LogP contribution in [0.25, 0.3) is 0 Å². The molecule has 1 rings (SSSR count). The Morgan fingerprint density at radius 2 is 1.66 bits per heavy atom. The SMILES string of the molecule is CC(C)CC(C=O)CC(=O)[O-].CC(C)C[C@H](CN)CC(=O)O.COC1OC(=O)CC1CC(C)C.[K+]. The fourth-order valence-electron chi connectivity index (χ4n) is 3.81. The van der Waals surface area contributed by atoms with Crippen molar-refractivity contribution in [1.82, 2.24) is 0 Å². The smallest absolute Gasteiger partial charge is 0.550 e. The molecule has 0 aromatic heterocycles. The van der Waals surface area contributed by atoms with Gasteiger partial charge < -0.3 is 35.0 Å². The number of carbonyl (C=O) groups is 4. The number of carboxylic acid groups (broad SMARTS) is 2. The van der Waals surface area contributed by atoms with Crippen LogP contribution in [0.3, 0.4) is 0 Å². The summed E-state index contributed by atoms with van der Waals surface area (Å²) in [6.07, 6.45) is 3.47. The van der Waals surface area contributed by atoms with Crippen LogP contribution < -0.4 is 62.2 Å². The molecule has 0 aromatic rings. The van der Waals surface area contributed by atoms with Crippen LogP contribution in [0.4, 0.5) is 0 Å². The van der Waals surface area contributed by atoms with E-state index in [0.29, 0.717) is 43.4 Å². The molecule has 0 aliphatic carbocycles. The van der Waals surface area contributed by atoms with E-state index in [2.05, 4.69) is 27.7 Å². The molecule has 1 heterocycles. The van der Waals surface area contributed by atoms with Crippen molar-refractivity contribution in [1.29, 1.82) is 0 Å². The molecule has 3 N–H and O–H groups in total. The summed E-state index contributed by atoms with van der Waals surface area (Å²) in [7, 11) is 1.58. The number of hydrogen-bond acceptors (Lipinski definition) is 8. The van der Waals surface area contributed by atoms with Crippen molar-refractivity contribution in [2.75, 3.05) is 13.7 Å². The molecular formula is C25H46KNO8. The summed E-state index contributed by atoms with van der Waals surface area (Å²) in [5.74, 6) is -0.541. The van der Waals surface area contributed by atoms with E-state index in [-0.39, 0.29) is 94.2 Å². The van der Waals surface area contributed by atoms with Gasteiger partial charge in [-0.25, -0.2) is 0 Å². The predicted octanol–water partition coefficient (Wildman–Crippen LogP) is -0.358. The quantitative estimate of drug-likeness (QED) is 0.185. The monoisotopic (exact) mass is 527 g/mol. The molecule has 1 aliphatic heterocycles. The first kappa shape index (κ1) is 39.2. The van der Waals surface area contributed by atoms with Gasteiger partial charge in [-0.15, -0.1) is 0 Å². The van der Waals surface area contributed by atoms with E-state index in [1.165, 1.54) is 0 Å². The number of esters is 1. The first-order valence-corrected chi connectivity index (χ1v) is 12.0. The van der Waals surface area contributed by atoms with E-state index in [4.69, 9.17) is 20.3 Å². The second kappa shape index (κ2) is 22.8. The van der Waals surface area contributed by atoms with Crippen LogP contribution in [0, 0.1) is 35.5 Å². The number of aliphatic carboxylic acids is 2. The van der Waals surface area contributed by atoms with Gasteiger partial charge in [0.05, 0.1) is 6.42 Å². The van der Waals surface area contributed by atoms with Gasteiger partial charge in [0.15, 0.2) is 0 Å². The minimum atomic E-state index is -1.15. The second-order valence-corrected chi connectivity index (χ2v) is 10.1. The number of methoxy groups -OCH3 is 1. The van der Waals surface area contributed by atoms with Crippen LogP contribution in [0.5, 0.6) is 0 Å². The molecule has 0 bridgehead atoms.